The fourth-order valence-electron chi connectivity index (χ4n) is 2.16. The van der Waals surface area contributed by atoms with Crippen LogP contribution < -0.4 is 5.69 Å². The molecule has 8 nitrogen and oxygen atoms in total. The number of imidazole rings is 1. The van der Waals surface area contributed by atoms with Crippen LogP contribution in [0.3, 0.4) is 0 Å². The number of nitrogens with one attached hydrogen (secondary N) is 1. The predicted molar refractivity (Wildman–Crippen MR) is 72.3 cm³/mol. The minimum Gasteiger partial charge on any atom is -0.478 e. The Balaban J connectivity index is 1.96. The van der Waals surface area contributed by atoms with Crippen LogP contribution in [0.4, 0.5) is 0 Å². The Bertz CT molecular complexity index is 874. The van der Waals surface area contributed by atoms with Gasteiger partial charge in [0, 0.05) is 13.0 Å². The van der Waals surface area contributed by atoms with E-state index >= 15 is 0 Å². The summed E-state index contributed by atoms with van der Waals surface area (Å²) >= 11 is 0. The molecule has 0 unspecified atom stereocenters. The Hall–Kier alpha value is -2.90. The molecule has 0 aliphatic heterocycles. The second-order valence-electron chi connectivity index (χ2n) is 4.60. The lowest BCUT2D eigenvalue weighted by Crippen LogP contribution is -2.18. The molecule has 21 heavy (non-hydrogen) atoms. The molecule has 1 aromatic carbocycles. The second kappa shape index (κ2) is 4.89. The normalized spacial score (nSPS) is 11.1. The number of rotatable bonds is 4. The van der Waals surface area contributed by atoms with E-state index in [-0.39, 0.29) is 11.3 Å². The van der Waals surface area contributed by atoms with E-state index in [4.69, 9.17) is 9.63 Å². The summed E-state index contributed by atoms with van der Waals surface area (Å²) in [5.74, 6) is -0.0720. The van der Waals surface area contributed by atoms with Gasteiger partial charge in [0.15, 0.2) is 5.82 Å². The van der Waals surface area contributed by atoms with E-state index in [0.717, 1.165) is 0 Å². The van der Waals surface area contributed by atoms with E-state index in [0.29, 0.717) is 35.7 Å². The number of benzene rings is 1. The fourth-order valence-corrected chi connectivity index (χ4v) is 2.16. The standard InChI is InChI=1S/C13H12N4O4/c1-7-14-11(21-16-7)4-5-17-10-6-8(12(18)19)2-3-9(10)15-13(17)20/h2-3,6H,4-5H2,1H3,(H,15,20)(H,18,19). The Morgan fingerprint density at radius 3 is 2.95 bits per heavy atom. The number of carboxylic acid groups (broad SMARTS) is 1. The molecule has 8 heteroatoms. The van der Waals surface area contributed by atoms with Crippen molar-refractivity contribution in [1.82, 2.24) is 19.7 Å². The highest BCUT2D eigenvalue weighted by molar-refractivity contribution is 5.92. The van der Waals surface area contributed by atoms with Crippen molar-refractivity contribution in [1.29, 1.82) is 0 Å². The van der Waals surface area contributed by atoms with Crippen LogP contribution in [-0.2, 0) is 13.0 Å². The fraction of sp³-hybridized carbons (Fsp3) is 0.231. The summed E-state index contributed by atoms with van der Waals surface area (Å²) in [7, 11) is 0. The zero-order valence-corrected chi connectivity index (χ0v) is 11.2. The summed E-state index contributed by atoms with van der Waals surface area (Å²) in [5, 5.41) is 12.7. The number of carboxylic acids is 1. The number of carbonyl (C=O) groups is 1. The van der Waals surface area contributed by atoms with Crippen LogP contribution in [0.15, 0.2) is 27.5 Å². The third kappa shape index (κ3) is 2.42. The molecule has 0 amide bonds. The van der Waals surface area contributed by atoms with Crippen molar-refractivity contribution in [3.63, 3.8) is 0 Å². The Morgan fingerprint density at radius 2 is 2.29 bits per heavy atom. The monoisotopic (exact) mass is 288 g/mol. The van der Waals surface area contributed by atoms with Gasteiger partial charge in [0.05, 0.1) is 16.6 Å². The van der Waals surface area contributed by atoms with Crippen molar-refractivity contribution in [3.8, 4) is 0 Å². The number of hydrogen-bond acceptors (Lipinski definition) is 5. The molecule has 0 radical (unpaired) electrons. The molecule has 0 saturated heterocycles. The molecule has 0 bridgehead atoms. The molecule has 0 spiro atoms. The van der Waals surface area contributed by atoms with E-state index < -0.39 is 5.97 Å². The van der Waals surface area contributed by atoms with E-state index in [1.54, 1.807) is 13.0 Å². The summed E-state index contributed by atoms with van der Waals surface area (Å²) in [6, 6.07) is 4.49. The van der Waals surface area contributed by atoms with Crippen LogP contribution in [-0.4, -0.2) is 30.8 Å². The number of aromatic amines is 1. The lowest BCUT2D eigenvalue weighted by Gasteiger charge is -2.01. The molecule has 0 fully saturated rings. The molecule has 2 heterocycles. The molecular formula is C13H12N4O4. The van der Waals surface area contributed by atoms with Gasteiger partial charge in [0.2, 0.25) is 5.89 Å². The maximum atomic E-state index is 11.9. The molecule has 3 aromatic rings. The summed E-state index contributed by atoms with van der Waals surface area (Å²) in [5.41, 5.74) is 0.954. The van der Waals surface area contributed by atoms with Crippen LogP contribution in [0.1, 0.15) is 22.1 Å². The van der Waals surface area contributed by atoms with Gasteiger partial charge in [-0.15, -0.1) is 0 Å². The first kappa shape index (κ1) is 13.1. The van der Waals surface area contributed by atoms with Crippen LogP contribution in [0.25, 0.3) is 11.0 Å². The van der Waals surface area contributed by atoms with Crippen LogP contribution >= 0.6 is 0 Å². The number of aryl methyl sites for hydroxylation is 3. The van der Waals surface area contributed by atoms with Gasteiger partial charge in [0.1, 0.15) is 0 Å². The van der Waals surface area contributed by atoms with Gasteiger partial charge >= 0.3 is 11.7 Å². The first-order chi connectivity index (χ1) is 10.0. The summed E-state index contributed by atoms with van der Waals surface area (Å²) in [4.78, 5) is 29.7. The van der Waals surface area contributed by atoms with Crippen LogP contribution in [0.2, 0.25) is 0 Å². The molecule has 2 aromatic heterocycles. The van der Waals surface area contributed by atoms with Gasteiger partial charge in [0.25, 0.3) is 0 Å². The minimum absolute atomic E-state index is 0.129. The number of nitrogens with zero attached hydrogens (tertiary/aromatic N) is 3. The maximum Gasteiger partial charge on any atom is 0.335 e. The quantitative estimate of drug-likeness (QED) is 0.739. The first-order valence-electron chi connectivity index (χ1n) is 6.29. The first-order valence-corrected chi connectivity index (χ1v) is 6.29. The van der Waals surface area contributed by atoms with Gasteiger partial charge in [-0.2, -0.15) is 4.98 Å². The topological polar surface area (TPSA) is 114 Å². The molecule has 3 rings (SSSR count). The Kier molecular flexibility index (Phi) is 3.05. The van der Waals surface area contributed by atoms with Crippen molar-refractivity contribution < 1.29 is 14.4 Å². The van der Waals surface area contributed by atoms with Crippen molar-refractivity contribution in [2.75, 3.05) is 0 Å². The maximum absolute atomic E-state index is 11.9. The molecule has 108 valence electrons. The predicted octanol–water partition coefficient (Wildman–Crippen LogP) is 0.962. The third-order valence-electron chi connectivity index (χ3n) is 3.14. The number of H-pyrrole nitrogens is 1. The van der Waals surface area contributed by atoms with Crippen molar-refractivity contribution in [2.24, 2.45) is 0 Å². The van der Waals surface area contributed by atoms with Crippen LogP contribution in [0, 0.1) is 6.92 Å². The number of aromatic nitrogens is 4. The molecular weight excluding hydrogens is 276 g/mol. The number of aromatic carboxylic acids is 1. The zero-order chi connectivity index (χ0) is 15.0. The van der Waals surface area contributed by atoms with E-state index in [2.05, 4.69) is 15.1 Å². The van der Waals surface area contributed by atoms with Gasteiger partial charge in [-0.05, 0) is 25.1 Å². The second-order valence-corrected chi connectivity index (χ2v) is 4.60. The van der Waals surface area contributed by atoms with Crippen LogP contribution in [0.5, 0.6) is 0 Å². The van der Waals surface area contributed by atoms with E-state index in [1.807, 2.05) is 0 Å². The highest BCUT2D eigenvalue weighted by Crippen LogP contribution is 2.13. The molecule has 0 aliphatic carbocycles. The van der Waals surface area contributed by atoms with E-state index in [1.165, 1.54) is 16.7 Å². The largest absolute Gasteiger partial charge is 0.478 e. The lowest BCUT2D eigenvalue weighted by atomic mass is 10.2. The average Bonchev–Trinajstić information content (AvgIpc) is 2.98. The van der Waals surface area contributed by atoms with E-state index in [9.17, 15) is 9.59 Å². The lowest BCUT2D eigenvalue weighted by molar-refractivity contribution is 0.0697. The van der Waals surface area contributed by atoms with Crippen molar-refractivity contribution in [2.45, 2.75) is 19.9 Å². The van der Waals surface area contributed by atoms with Crippen molar-refractivity contribution >= 4 is 17.0 Å². The highest BCUT2D eigenvalue weighted by atomic mass is 16.5. The molecule has 0 saturated carbocycles. The summed E-state index contributed by atoms with van der Waals surface area (Å²) < 4.78 is 6.46. The third-order valence-corrected chi connectivity index (χ3v) is 3.14. The summed E-state index contributed by atoms with van der Waals surface area (Å²) in [6.07, 6.45) is 0.394. The Morgan fingerprint density at radius 1 is 1.48 bits per heavy atom. The van der Waals surface area contributed by atoms with Gasteiger partial charge in [-0.1, -0.05) is 5.16 Å². The Labute approximate surface area is 118 Å². The smallest absolute Gasteiger partial charge is 0.335 e. The molecule has 0 atom stereocenters. The van der Waals surface area contributed by atoms with Crippen molar-refractivity contribution in [3.05, 3.63) is 46.0 Å². The summed E-state index contributed by atoms with van der Waals surface area (Å²) in [6.45, 7) is 2.04. The zero-order valence-electron chi connectivity index (χ0n) is 11.2. The number of hydrogen-bond donors (Lipinski definition) is 2. The van der Waals surface area contributed by atoms with Gasteiger partial charge in [-0.25, -0.2) is 9.59 Å². The molecule has 2 N–H and O–H groups in total. The van der Waals surface area contributed by atoms with Gasteiger partial charge < -0.3 is 14.6 Å². The van der Waals surface area contributed by atoms with Gasteiger partial charge in [-0.3, -0.25) is 4.57 Å². The minimum atomic E-state index is -1.04. The highest BCUT2D eigenvalue weighted by Gasteiger charge is 2.11. The average molecular weight is 288 g/mol. The SMILES string of the molecule is Cc1noc(CCn2c(=O)[nH]c3ccc(C(=O)O)cc32)n1. The number of fused-ring (bicyclic) bond motifs is 1. The molecule has 0 aliphatic rings.